The van der Waals surface area contributed by atoms with Crippen LogP contribution in [0.2, 0.25) is 11.6 Å². The van der Waals surface area contributed by atoms with E-state index in [1.807, 2.05) is 6.74 Å². The Kier molecular flexibility index (Phi) is 8.86. The Balaban J connectivity index is 2.11. The van der Waals surface area contributed by atoms with Crippen LogP contribution in [0, 0.1) is 0 Å². The van der Waals surface area contributed by atoms with E-state index < -0.39 is 0 Å². The Bertz CT molecular complexity index is 427. The minimum atomic E-state index is 0.322. The number of hydrogen-bond donors (Lipinski definition) is 2. The van der Waals surface area contributed by atoms with Gasteiger partial charge in [0.1, 0.15) is 0 Å². The van der Waals surface area contributed by atoms with Crippen molar-refractivity contribution in [2.24, 2.45) is 0 Å². The van der Waals surface area contributed by atoms with Crippen LogP contribution >= 0.6 is 0 Å². The molecule has 2 aliphatic rings. The second kappa shape index (κ2) is 9.53. The van der Waals surface area contributed by atoms with Crippen LogP contribution < -0.4 is 0 Å². The van der Waals surface area contributed by atoms with Gasteiger partial charge in [0.05, 0.1) is 0 Å². The van der Waals surface area contributed by atoms with Crippen molar-refractivity contribution in [3.05, 3.63) is 22.4 Å². The molecule has 2 N–H and O–H groups in total. The van der Waals surface area contributed by atoms with Gasteiger partial charge in [0.15, 0.2) is 0 Å². The van der Waals surface area contributed by atoms with Gasteiger partial charge in [0.25, 0.3) is 0 Å². The average molecular weight is 666 g/mol. The fourth-order valence-electron chi connectivity index (χ4n) is 1.62. The molecule has 0 aromatic heterocycles. The molecular weight excluding hydrogens is 650 g/mol. The monoisotopic (exact) mass is 672 g/mol. The van der Waals surface area contributed by atoms with Gasteiger partial charge in [0, 0.05) is 0 Å². The first kappa shape index (κ1) is 18.6. The zero-order valence-electron chi connectivity index (χ0n) is 11.2. The summed E-state index contributed by atoms with van der Waals surface area (Å²) in [5.41, 5.74) is 0. The molecule has 2 rings (SSSR count). The second-order valence-corrected chi connectivity index (χ2v) is 21.3. The maximum absolute atomic E-state index is 9.23. The average Bonchev–Trinajstić information content (AvgIpc) is 3.03. The van der Waals surface area contributed by atoms with Crippen LogP contribution in [0.25, 0.3) is 0 Å². The Labute approximate surface area is 158 Å². The van der Waals surface area contributed by atoms with Crippen LogP contribution in [0.3, 0.4) is 0 Å². The standard InChI is InChI=1S/C12H16O2Se6/c1-15-9-7(3-5-13)17-11(19-9)12-18-8(4-6-14)10(16-2)20-12/h13-14H,3-6H2,1-2H3/b12-11+. The molecule has 2 aliphatic heterocycles. The van der Waals surface area contributed by atoms with Crippen LogP contribution in [0.5, 0.6) is 0 Å². The summed E-state index contributed by atoms with van der Waals surface area (Å²) in [6.45, 7) is 0.645. The summed E-state index contributed by atoms with van der Waals surface area (Å²) < 4.78 is 10.3. The van der Waals surface area contributed by atoms with Crippen LogP contribution in [0.15, 0.2) is 22.4 Å². The maximum atomic E-state index is 9.23. The van der Waals surface area contributed by atoms with Crippen molar-refractivity contribution in [3.63, 3.8) is 0 Å². The molecule has 2 nitrogen and oxygen atoms in total. The Morgan fingerprint density at radius 2 is 1.15 bits per heavy atom. The molecule has 0 aromatic rings. The second-order valence-electron chi connectivity index (χ2n) is 3.76. The van der Waals surface area contributed by atoms with Crippen molar-refractivity contribution in [3.8, 4) is 0 Å². The third-order valence-electron chi connectivity index (χ3n) is 2.47. The molecule has 0 atom stereocenters. The predicted octanol–water partition coefficient (Wildman–Crippen LogP) is -0.435. The summed E-state index contributed by atoms with van der Waals surface area (Å²) in [4.78, 5) is 0. The van der Waals surface area contributed by atoms with Crippen LogP contribution in [-0.2, 0) is 0 Å². The van der Waals surface area contributed by atoms with Gasteiger partial charge in [-0.1, -0.05) is 0 Å². The number of hydrogen-bond acceptors (Lipinski definition) is 2. The number of rotatable bonds is 6. The summed E-state index contributed by atoms with van der Waals surface area (Å²) in [6.07, 6.45) is 1.84. The van der Waals surface area contributed by atoms with Crippen molar-refractivity contribution >= 4 is 89.7 Å². The van der Waals surface area contributed by atoms with Crippen molar-refractivity contribution in [2.45, 2.75) is 24.5 Å². The Hall–Kier alpha value is 2.26. The Morgan fingerprint density at radius 3 is 1.45 bits per heavy atom. The zero-order chi connectivity index (χ0) is 14.5. The molecule has 2 heterocycles. The molecule has 0 radical (unpaired) electrons. The van der Waals surface area contributed by atoms with Gasteiger partial charge >= 0.3 is 160 Å². The van der Waals surface area contributed by atoms with Crippen molar-refractivity contribution in [1.29, 1.82) is 0 Å². The third-order valence-corrected chi connectivity index (χ3v) is 27.2. The molecule has 0 saturated heterocycles. The van der Waals surface area contributed by atoms with Gasteiger partial charge in [-0.25, -0.2) is 0 Å². The predicted molar refractivity (Wildman–Crippen MR) is 90.7 cm³/mol. The van der Waals surface area contributed by atoms with Crippen molar-refractivity contribution in [2.75, 3.05) is 13.2 Å². The Morgan fingerprint density at radius 1 is 0.750 bits per heavy atom. The van der Waals surface area contributed by atoms with Gasteiger partial charge in [-0.15, -0.1) is 0 Å². The summed E-state index contributed by atoms with van der Waals surface area (Å²) in [6, 6.07) is 0. The topological polar surface area (TPSA) is 40.5 Å². The fraction of sp³-hybridized carbons (Fsp3) is 0.500. The van der Waals surface area contributed by atoms with Gasteiger partial charge in [0.2, 0.25) is 0 Å². The number of aliphatic hydroxyl groups excluding tert-OH is 2. The van der Waals surface area contributed by atoms with E-state index in [4.69, 9.17) is 0 Å². The van der Waals surface area contributed by atoms with Crippen molar-refractivity contribution < 1.29 is 10.2 Å². The van der Waals surface area contributed by atoms with E-state index in [2.05, 4.69) is 11.6 Å². The molecule has 20 heavy (non-hydrogen) atoms. The summed E-state index contributed by atoms with van der Waals surface area (Å²) in [5, 5.41) is 18.5. The van der Waals surface area contributed by atoms with E-state index in [0.29, 0.717) is 103 Å². The third kappa shape index (κ3) is 4.64. The van der Waals surface area contributed by atoms with E-state index in [-0.39, 0.29) is 0 Å². The minimum absolute atomic E-state index is 0.322. The summed E-state index contributed by atoms with van der Waals surface area (Å²) >= 11 is 3.58. The zero-order valence-corrected chi connectivity index (χ0v) is 21.5. The van der Waals surface area contributed by atoms with Gasteiger partial charge in [-0.3, -0.25) is 0 Å². The van der Waals surface area contributed by atoms with Gasteiger partial charge in [-0.2, -0.15) is 0 Å². The van der Waals surface area contributed by atoms with Gasteiger partial charge in [-0.05, 0) is 0 Å². The normalized spacial score (nSPS) is 23.4. The van der Waals surface area contributed by atoms with Crippen LogP contribution in [0.4, 0.5) is 0 Å². The first-order valence-corrected chi connectivity index (χ1v) is 17.9. The van der Waals surface area contributed by atoms with Crippen LogP contribution in [-0.4, -0.2) is 113 Å². The quantitative estimate of drug-likeness (QED) is 0.379. The van der Waals surface area contributed by atoms with Crippen LogP contribution in [0.1, 0.15) is 12.8 Å². The van der Waals surface area contributed by atoms with E-state index in [9.17, 15) is 10.2 Å². The molecule has 0 unspecified atom stereocenters. The molecule has 8 heteroatoms. The molecule has 0 aromatic carbocycles. The van der Waals surface area contributed by atoms with E-state index in [1.54, 1.807) is 15.7 Å². The van der Waals surface area contributed by atoms with E-state index >= 15 is 0 Å². The molecule has 0 bridgehead atoms. The van der Waals surface area contributed by atoms with Crippen molar-refractivity contribution in [1.82, 2.24) is 0 Å². The van der Waals surface area contributed by atoms with E-state index in [0.717, 1.165) is 12.8 Å². The molecule has 0 spiro atoms. The molecule has 0 amide bonds. The summed E-state index contributed by atoms with van der Waals surface area (Å²) in [5.74, 6) is 4.65. The summed E-state index contributed by atoms with van der Waals surface area (Å²) in [7, 11) is 0. The molecular formula is C12H16O2Se6. The molecule has 0 aliphatic carbocycles. The molecule has 112 valence electrons. The van der Waals surface area contributed by atoms with E-state index in [1.165, 1.54) is 0 Å². The molecule has 0 fully saturated rings. The van der Waals surface area contributed by atoms with Gasteiger partial charge < -0.3 is 0 Å². The first-order chi connectivity index (χ1) is 9.73. The number of aliphatic hydroxyl groups is 2. The fourth-order valence-corrected chi connectivity index (χ4v) is 27.4. The molecule has 0 saturated carbocycles. The SMILES string of the molecule is C[Se]C1=C(CCO)[Se]/C(=C2/[Se]C(CCO)=C([Se]C)[Se]2)[Se]1. The first-order valence-electron chi connectivity index (χ1n) is 5.95.